The van der Waals surface area contributed by atoms with Crippen LogP contribution in [-0.4, -0.2) is 51.1 Å². The van der Waals surface area contributed by atoms with Gasteiger partial charge < -0.3 is 15.1 Å². The third kappa shape index (κ3) is 1.98. The Morgan fingerprint density at radius 1 is 1.18 bits per heavy atom. The lowest BCUT2D eigenvalue weighted by molar-refractivity contribution is -0.132. The summed E-state index contributed by atoms with van der Waals surface area (Å²) in [6.45, 7) is 1.17. The van der Waals surface area contributed by atoms with Crippen LogP contribution in [0.2, 0.25) is 0 Å². The van der Waals surface area contributed by atoms with Gasteiger partial charge in [-0.3, -0.25) is 9.36 Å². The lowest BCUT2D eigenvalue weighted by Gasteiger charge is -2.23. The summed E-state index contributed by atoms with van der Waals surface area (Å²) in [4.78, 5) is 36.7. The molecule has 0 saturated carbocycles. The summed E-state index contributed by atoms with van der Waals surface area (Å²) in [5, 5.41) is 19.1. The Labute approximate surface area is 125 Å². The summed E-state index contributed by atoms with van der Waals surface area (Å²) >= 11 is 0. The molecule has 7 nitrogen and oxygen atoms in total. The van der Waals surface area contributed by atoms with Crippen LogP contribution in [0.15, 0.2) is 18.2 Å². The molecule has 2 aromatic rings. The Morgan fingerprint density at radius 2 is 1.91 bits per heavy atom. The molecule has 1 aliphatic heterocycles. The molecule has 0 amide bonds. The average molecular weight is 302 g/mol. The highest BCUT2D eigenvalue weighted by Crippen LogP contribution is 2.32. The van der Waals surface area contributed by atoms with Gasteiger partial charge in [-0.05, 0) is 25.1 Å². The third-order valence-corrected chi connectivity index (χ3v) is 3.98. The molecule has 1 aliphatic rings. The topological polar surface area (TPSA) is 99.8 Å². The molecule has 2 heterocycles. The van der Waals surface area contributed by atoms with Gasteiger partial charge >= 0.3 is 17.8 Å². The van der Waals surface area contributed by atoms with Crippen LogP contribution < -0.4 is 0 Å². The maximum atomic E-state index is 12.1. The summed E-state index contributed by atoms with van der Waals surface area (Å²) in [5.74, 6) is -3.92. The van der Waals surface area contributed by atoms with Gasteiger partial charge in [0.25, 0.3) is 0 Å². The maximum Gasteiger partial charge on any atom is 0.395 e. The number of carbonyl (C=O) groups excluding carboxylic acids is 1. The van der Waals surface area contributed by atoms with E-state index in [1.54, 1.807) is 12.1 Å². The quantitative estimate of drug-likeness (QED) is 0.764. The van der Waals surface area contributed by atoms with Crippen molar-refractivity contribution in [3.63, 3.8) is 0 Å². The van der Waals surface area contributed by atoms with E-state index in [1.165, 1.54) is 6.07 Å². The van der Waals surface area contributed by atoms with Gasteiger partial charge in [0.2, 0.25) is 0 Å². The van der Waals surface area contributed by atoms with E-state index in [-0.39, 0.29) is 11.1 Å². The van der Waals surface area contributed by atoms with E-state index in [0.717, 1.165) is 16.7 Å². The molecule has 0 bridgehead atoms. The summed E-state index contributed by atoms with van der Waals surface area (Å²) < 4.78 is 1.05. The van der Waals surface area contributed by atoms with Crippen LogP contribution in [0.1, 0.15) is 26.4 Å². The first kappa shape index (κ1) is 14.3. The third-order valence-electron chi connectivity index (χ3n) is 3.98. The fourth-order valence-electron chi connectivity index (χ4n) is 3.03. The van der Waals surface area contributed by atoms with E-state index in [9.17, 15) is 19.5 Å². The van der Waals surface area contributed by atoms with E-state index < -0.39 is 17.8 Å². The summed E-state index contributed by atoms with van der Waals surface area (Å²) in [7, 11) is 1.87. The molecule has 114 valence electrons. The number of para-hydroxylation sites is 1. The van der Waals surface area contributed by atoms with E-state index >= 15 is 0 Å². The minimum atomic E-state index is -1.60. The van der Waals surface area contributed by atoms with E-state index in [1.807, 2.05) is 11.9 Å². The Hall–Kier alpha value is -2.67. The van der Waals surface area contributed by atoms with Crippen molar-refractivity contribution in [3.8, 4) is 0 Å². The SMILES string of the molecule is CN1CCc2c(n(C(=O)C(=O)O)c3c(C(=O)O)cccc23)C1. The highest BCUT2D eigenvalue weighted by Gasteiger charge is 2.30. The van der Waals surface area contributed by atoms with Gasteiger partial charge in [0.1, 0.15) is 0 Å². The Bertz CT molecular complexity index is 821. The van der Waals surface area contributed by atoms with Crippen LogP contribution in [0.3, 0.4) is 0 Å². The predicted molar refractivity (Wildman–Crippen MR) is 77.2 cm³/mol. The van der Waals surface area contributed by atoms with E-state index in [2.05, 4.69) is 0 Å². The van der Waals surface area contributed by atoms with Gasteiger partial charge in [-0.25, -0.2) is 9.59 Å². The molecular weight excluding hydrogens is 288 g/mol. The molecule has 22 heavy (non-hydrogen) atoms. The number of likely N-dealkylation sites (N-methyl/N-ethyl adjacent to an activating group) is 1. The highest BCUT2D eigenvalue weighted by molar-refractivity contribution is 6.34. The van der Waals surface area contributed by atoms with Crippen molar-refractivity contribution in [2.24, 2.45) is 0 Å². The second kappa shape index (κ2) is 4.96. The Morgan fingerprint density at radius 3 is 2.55 bits per heavy atom. The fourth-order valence-corrected chi connectivity index (χ4v) is 3.03. The van der Waals surface area contributed by atoms with Gasteiger partial charge in [-0.1, -0.05) is 12.1 Å². The van der Waals surface area contributed by atoms with Crippen LogP contribution in [0, 0.1) is 0 Å². The highest BCUT2D eigenvalue weighted by atomic mass is 16.4. The number of carbonyl (C=O) groups is 3. The first-order valence-corrected chi connectivity index (χ1v) is 6.76. The number of aromatic nitrogens is 1. The molecule has 2 N–H and O–H groups in total. The fraction of sp³-hybridized carbons (Fsp3) is 0.267. The Kier molecular flexibility index (Phi) is 3.22. The number of nitrogens with zero attached hydrogens (tertiary/aromatic N) is 2. The smallest absolute Gasteiger partial charge is 0.395 e. The van der Waals surface area contributed by atoms with Crippen molar-refractivity contribution in [2.75, 3.05) is 13.6 Å². The summed E-state index contributed by atoms with van der Waals surface area (Å²) in [6, 6.07) is 4.73. The van der Waals surface area contributed by atoms with Crippen LogP contribution in [0.25, 0.3) is 10.9 Å². The van der Waals surface area contributed by atoms with Gasteiger partial charge in [0.15, 0.2) is 0 Å². The number of fused-ring (bicyclic) bond motifs is 3. The molecule has 1 aromatic carbocycles. The molecule has 0 radical (unpaired) electrons. The lowest BCUT2D eigenvalue weighted by Crippen LogP contribution is -2.31. The van der Waals surface area contributed by atoms with Crippen LogP contribution in [0.4, 0.5) is 0 Å². The van der Waals surface area contributed by atoms with Crippen molar-refractivity contribution in [1.82, 2.24) is 9.47 Å². The molecule has 7 heteroatoms. The van der Waals surface area contributed by atoms with Crippen LogP contribution in [0.5, 0.6) is 0 Å². The summed E-state index contributed by atoms with van der Waals surface area (Å²) in [5.41, 5.74) is 1.52. The first-order chi connectivity index (χ1) is 10.4. The van der Waals surface area contributed by atoms with Crippen molar-refractivity contribution < 1.29 is 24.6 Å². The first-order valence-electron chi connectivity index (χ1n) is 6.76. The van der Waals surface area contributed by atoms with Crippen molar-refractivity contribution in [2.45, 2.75) is 13.0 Å². The number of carboxylic acids is 2. The molecule has 1 aromatic heterocycles. The normalized spacial score (nSPS) is 14.8. The number of aliphatic carboxylic acids is 1. The lowest BCUT2D eigenvalue weighted by atomic mass is 10.0. The number of benzene rings is 1. The number of rotatable bonds is 1. The molecule has 0 saturated heterocycles. The largest absolute Gasteiger partial charge is 0.478 e. The monoisotopic (exact) mass is 302 g/mol. The van der Waals surface area contributed by atoms with Crippen molar-refractivity contribution >= 4 is 28.7 Å². The Balaban J connectivity index is 2.43. The molecule has 0 fully saturated rings. The number of carboxylic acid groups (broad SMARTS) is 2. The molecule has 0 spiro atoms. The number of hydrogen-bond donors (Lipinski definition) is 2. The minimum Gasteiger partial charge on any atom is -0.478 e. The molecule has 0 aliphatic carbocycles. The van der Waals surface area contributed by atoms with E-state index in [0.29, 0.717) is 24.0 Å². The zero-order valence-corrected chi connectivity index (χ0v) is 11.9. The number of hydrogen-bond acceptors (Lipinski definition) is 4. The van der Waals surface area contributed by atoms with Crippen LogP contribution in [-0.2, 0) is 17.8 Å². The van der Waals surface area contributed by atoms with Crippen LogP contribution >= 0.6 is 0 Å². The van der Waals surface area contributed by atoms with Gasteiger partial charge in [0, 0.05) is 24.2 Å². The molecule has 0 unspecified atom stereocenters. The average Bonchev–Trinajstić information content (AvgIpc) is 2.79. The van der Waals surface area contributed by atoms with Gasteiger partial charge in [0.05, 0.1) is 11.1 Å². The van der Waals surface area contributed by atoms with Gasteiger partial charge in [-0.15, -0.1) is 0 Å². The molecule has 0 atom stereocenters. The second-order valence-corrected chi connectivity index (χ2v) is 5.37. The van der Waals surface area contributed by atoms with Crippen molar-refractivity contribution in [3.05, 3.63) is 35.0 Å². The number of aromatic carboxylic acids is 1. The van der Waals surface area contributed by atoms with E-state index in [4.69, 9.17) is 5.11 Å². The molecule has 3 rings (SSSR count). The predicted octanol–water partition coefficient (Wildman–Crippen LogP) is 1.05. The standard InChI is InChI=1S/C15H14N2O5/c1-16-6-5-8-9-3-2-4-10(14(19)20)12(9)17(11(8)7-16)13(18)15(21)22/h2-4H,5-7H2,1H3,(H,19,20)(H,21,22). The summed E-state index contributed by atoms with van der Waals surface area (Å²) in [6.07, 6.45) is 0.644. The molecular formula is C15H14N2O5. The zero-order chi connectivity index (χ0) is 16.0. The minimum absolute atomic E-state index is 0.0656. The van der Waals surface area contributed by atoms with Gasteiger partial charge in [-0.2, -0.15) is 0 Å². The maximum absolute atomic E-state index is 12.1. The second-order valence-electron chi connectivity index (χ2n) is 5.37. The zero-order valence-electron chi connectivity index (χ0n) is 11.9. The van der Waals surface area contributed by atoms with Crippen molar-refractivity contribution in [1.29, 1.82) is 0 Å².